The van der Waals surface area contributed by atoms with E-state index in [1.54, 1.807) is 43.5 Å². The Bertz CT molecular complexity index is 776. The second kappa shape index (κ2) is 8.43. The maximum atomic E-state index is 12.7. The van der Waals surface area contributed by atoms with Crippen LogP contribution < -0.4 is 0 Å². The van der Waals surface area contributed by atoms with Crippen LogP contribution in [0.25, 0.3) is 0 Å². The molecule has 2 rings (SSSR count). The number of rotatable bonds is 8. The second-order valence-corrected chi connectivity index (χ2v) is 6.20. The number of carbonyl (C=O) groups excluding carboxylic acids is 2. The van der Waals surface area contributed by atoms with Gasteiger partial charge in [-0.2, -0.15) is 0 Å². The third-order valence-electron chi connectivity index (χ3n) is 4.36. The highest BCUT2D eigenvalue weighted by Gasteiger charge is 2.26. The normalized spacial score (nSPS) is 12.9. The zero-order valence-electron chi connectivity index (χ0n) is 14.5. The molecule has 25 heavy (non-hydrogen) atoms. The average molecular weight is 338 g/mol. The smallest absolute Gasteiger partial charge is 0.196 e. The van der Waals surface area contributed by atoms with E-state index in [0.29, 0.717) is 18.6 Å². The highest BCUT2D eigenvalue weighted by atomic mass is 16.5. The highest BCUT2D eigenvalue weighted by Crippen LogP contribution is 2.33. The van der Waals surface area contributed by atoms with E-state index < -0.39 is 5.41 Å². The van der Waals surface area contributed by atoms with Crippen molar-refractivity contribution < 1.29 is 19.4 Å². The third-order valence-corrected chi connectivity index (χ3v) is 4.36. The summed E-state index contributed by atoms with van der Waals surface area (Å²) in [5.74, 6) is 1.53. The fourth-order valence-corrected chi connectivity index (χ4v) is 2.83. The lowest BCUT2D eigenvalue weighted by Crippen LogP contribution is -2.20. The van der Waals surface area contributed by atoms with Crippen LogP contribution in [0, 0.1) is 0 Å². The molecule has 0 aliphatic rings. The molecule has 1 N–H and O–H groups in total. The molecule has 0 aliphatic carbocycles. The molecular formula is C21H22O4. The number of ether oxygens (including phenoxy) is 1. The Morgan fingerprint density at radius 3 is 2.60 bits per heavy atom. The van der Waals surface area contributed by atoms with Gasteiger partial charge in [0.25, 0.3) is 0 Å². The summed E-state index contributed by atoms with van der Waals surface area (Å²) in [6.07, 6.45) is 2.89. The zero-order valence-corrected chi connectivity index (χ0v) is 14.5. The molecule has 0 amide bonds. The van der Waals surface area contributed by atoms with E-state index in [2.05, 4.69) is 0 Å². The van der Waals surface area contributed by atoms with Gasteiger partial charge in [0.1, 0.15) is 11.7 Å². The predicted octanol–water partition coefficient (Wildman–Crippen LogP) is 3.70. The van der Waals surface area contributed by atoms with Crippen molar-refractivity contribution in [2.24, 2.45) is 0 Å². The standard InChI is InChI=1S/C21H22O4/c1-21(12-13-22,11-6-14-25-2)17-9-10-19(23)18(15-17)20(24)16-7-4-3-5-8-16/h3-5,7-10,12,15,23H,6,11,14H2,1-2H3. The van der Waals surface area contributed by atoms with Crippen LogP contribution in [0.15, 0.2) is 54.6 Å². The molecule has 0 heterocycles. The first-order valence-corrected chi connectivity index (χ1v) is 8.16. The Morgan fingerprint density at radius 1 is 1.24 bits per heavy atom. The molecule has 0 aromatic heterocycles. The van der Waals surface area contributed by atoms with Crippen molar-refractivity contribution in [2.75, 3.05) is 13.7 Å². The van der Waals surface area contributed by atoms with Crippen molar-refractivity contribution in [2.45, 2.75) is 25.2 Å². The number of hydrogen-bond acceptors (Lipinski definition) is 4. The van der Waals surface area contributed by atoms with Crippen LogP contribution in [0.3, 0.4) is 0 Å². The minimum atomic E-state index is -0.584. The Labute approximate surface area is 147 Å². The summed E-state index contributed by atoms with van der Waals surface area (Å²) in [4.78, 5) is 23.7. The van der Waals surface area contributed by atoms with E-state index in [1.165, 1.54) is 12.1 Å². The summed E-state index contributed by atoms with van der Waals surface area (Å²) in [7, 11) is 1.63. The van der Waals surface area contributed by atoms with Gasteiger partial charge in [0, 0.05) is 30.8 Å². The molecule has 1 unspecified atom stereocenters. The van der Waals surface area contributed by atoms with E-state index in [-0.39, 0.29) is 17.1 Å². The highest BCUT2D eigenvalue weighted by molar-refractivity contribution is 6.10. The van der Waals surface area contributed by atoms with Crippen molar-refractivity contribution >= 4 is 11.7 Å². The Hall–Kier alpha value is -2.68. The maximum Gasteiger partial charge on any atom is 0.196 e. The molecule has 4 nitrogen and oxygen atoms in total. The van der Waals surface area contributed by atoms with Crippen molar-refractivity contribution in [1.82, 2.24) is 0 Å². The molecule has 0 aliphatic heterocycles. The summed E-state index contributed by atoms with van der Waals surface area (Å²) in [5, 5.41) is 10.1. The van der Waals surface area contributed by atoms with Gasteiger partial charge in [-0.3, -0.25) is 4.79 Å². The molecule has 2 aromatic carbocycles. The van der Waals surface area contributed by atoms with Crippen LogP contribution in [0.2, 0.25) is 0 Å². The van der Waals surface area contributed by atoms with Gasteiger partial charge < -0.3 is 9.84 Å². The zero-order chi connectivity index (χ0) is 18.3. The van der Waals surface area contributed by atoms with Crippen molar-refractivity contribution in [3.8, 4) is 5.75 Å². The number of ketones is 1. The van der Waals surface area contributed by atoms with Crippen LogP contribution in [0.1, 0.15) is 41.3 Å². The van der Waals surface area contributed by atoms with Gasteiger partial charge >= 0.3 is 0 Å². The minimum absolute atomic E-state index is 0.0769. The molecule has 0 saturated carbocycles. The monoisotopic (exact) mass is 338 g/mol. The lowest BCUT2D eigenvalue weighted by Gasteiger charge is -2.26. The Kier molecular flexibility index (Phi) is 6.29. The van der Waals surface area contributed by atoms with E-state index >= 15 is 0 Å². The number of aromatic hydroxyl groups is 1. The first-order chi connectivity index (χ1) is 12.0. The summed E-state index contributed by atoms with van der Waals surface area (Å²) in [6, 6.07) is 13.7. The van der Waals surface area contributed by atoms with Gasteiger partial charge in [-0.15, -0.1) is 0 Å². The van der Waals surface area contributed by atoms with E-state index in [0.717, 1.165) is 12.0 Å². The van der Waals surface area contributed by atoms with Gasteiger partial charge in [0.05, 0.1) is 5.56 Å². The number of carbonyl (C=O) groups is 1. The molecule has 4 heteroatoms. The minimum Gasteiger partial charge on any atom is -0.507 e. The summed E-state index contributed by atoms with van der Waals surface area (Å²) >= 11 is 0. The van der Waals surface area contributed by atoms with Gasteiger partial charge in [-0.05, 0) is 30.5 Å². The number of allylic oxidation sites excluding steroid dienone is 1. The second-order valence-electron chi connectivity index (χ2n) is 6.20. The SMILES string of the molecule is COCCCC(C)(C=C=O)c1ccc(O)c(C(=O)c2ccccc2)c1. The fourth-order valence-electron chi connectivity index (χ4n) is 2.83. The predicted molar refractivity (Wildman–Crippen MR) is 96.7 cm³/mol. The number of benzene rings is 2. The number of hydrogen-bond donors (Lipinski definition) is 1. The molecular weight excluding hydrogens is 316 g/mol. The van der Waals surface area contributed by atoms with Crippen LogP contribution in [-0.2, 0) is 14.9 Å². The van der Waals surface area contributed by atoms with Gasteiger partial charge in [-0.1, -0.05) is 43.3 Å². The van der Waals surface area contributed by atoms with Gasteiger partial charge in [-0.25, -0.2) is 4.79 Å². The topological polar surface area (TPSA) is 63.6 Å². The van der Waals surface area contributed by atoms with Gasteiger partial charge in [0.2, 0.25) is 0 Å². The number of methoxy groups -OCH3 is 1. The number of phenolic OH excluding ortho intramolecular Hbond substituents is 1. The Morgan fingerprint density at radius 2 is 1.96 bits per heavy atom. The fraction of sp³-hybridized carbons (Fsp3) is 0.286. The van der Waals surface area contributed by atoms with Gasteiger partial charge in [0.15, 0.2) is 5.78 Å². The molecule has 1 atom stereocenters. The maximum absolute atomic E-state index is 12.7. The first-order valence-electron chi connectivity index (χ1n) is 8.16. The van der Waals surface area contributed by atoms with Crippen molar-refractivity contribution in [1.29, 1.82) is 0 Å². The summed E-state index contributed by atoms with van der Waals surface area (Å²) in [6.45, 7) is 2.49. The van der Waals surface area contributed by atoms with Crippen molar-refractivity contribution in [3.05, 3.63) is 71.3 Å². The molecule has 0 bridgehead atoms. The molecule has 130 valence electrons. The largest absolute Gasteiger partial charge is 0.507 e. The lowest BCUT2D eigenvalue weighted by molar-refractivity contribution is 0.103. The Balaban J connectivity index is 2.42. The number of phenols is 1. The average Bonchev–Trinajstić information content (AvgIpc) is 2.62. The van der Waals surface area contributed by atoms with E-state index in [1.807, 2.05) is 18.9 Å². The molecule has 0 spiro atoms. The molecule has 0 radical (unpaired) electrons. The third kappa shape index (κ3) is 4.44. The molecule has 0 fully saturated rings. The quantitative estimate of drug-likeness (QED) is 0.453. The van der Waals surface area contributed by atoms with E-state index in [4.69, 9.17) is 4.74 Å². The summed E-state index contributed by atoms with van der Waals surface area (Å²) < 4.78 is 5.08. The van der Waals surface area contributed by atoms with Crippen molar-refractivity contribution in [3.63, 3.8) is 0 Å². The van der Waals surface area contributed by atoms with Crippen LogP contribution >= 0.6 is 0 Å². The molecule has 0 saturated heterocycles. The molecule has 2 aromatic rings. The van der Waals surface area contributed by atoms with E-state index in [9.17, 15) is 14.7 Å². The first kappa shape index (κ1) is 18.7. The van der Waals surface area contributed by atoms with Crippen LogP contribution in [-0.4, -0.2) is 30.5 Å². The van der Waals surface area contributed by atoms with Crippen LogP contribution in [0.5, 0.6) is 5.75 Å². The van der Waals surface area contributed by atoms with Crippen LogP contribution in [0.4, 0.5) is 0 Å². The lowest BCUT2D eigenvalue weighted by atomic mass is 9.77. The summed E-state index contributed by atoms with van der Waals surface area (Å²) in [5.41, 5.74) is 0.923.